The summed E-state index contributed by atoms with van der Waals surface area (Å²) < 4.78 is 1.01. The van der Waals surface area contributed by atoms with Crippen LogP contribution >= 0.6 is 15.9 Å². The fourth-order valence-corrected chi connectivity index (χ4v) is 3.14. The first-order chi connectivity index (χ1) is 12.6. The van der Waals surface area contributed by atoms with Crippen LogP contribution in [0.3, 0.4) is 0 Å². The highest BCUT2D eigenvalue weighted by Gasteiger charge is 2.40. The molecule has 1 fully saturated rings. The van der Waals surface area contributed by atoms with Crippen LogP contribution in [0, 0.1) is 5.92 Å². The predicted molar refractivity (Wildman–Crippen MR) is 105 cm³/mol. The number of hydrogen-bond donors (Lipinski definition) is 2. The van der Waals surface area contributed by atoms with Gasteiger partial charge < -0.3 is 5.32 Å². The van der Waals surface area contributed by atoms with Gasteiger partial charge in [-0.1, -0.05) is 64.5 Å². The molecule has 1 aliphatic heterocycles. The van der Waals surface area contributed by atoms with E-state index in [1.807, 2.05) is 60.7 Å². The average molecular weight is 412 g/mol. The average Bonchev–Trinajstić information content (AvgIpc) is 3.05. The van der Waals surface area contributed by atoms with Crippen molar-refractivity contribution in [3.8, 4) is 0 Å². The van der Waals surface area contributed by atoms with Crippen molar-refractivity contribution in [2.75, 3.05) is 6.54 Å². The molecule has 2 aromatic rings. The smallest absolute Gasteiger partial charge is 0.253 e. The Morgan fingerprint density at radius 3 is 2.62 bits per heavy atom. The largest absolute Gasteiger partial charge is 0.355 e. The van der Waals surface area contributed by atoms with Crippen LogP contribution in [0.5, 0.6) is 0 Å². The van der Waals surface area contributed by atoms with Crippen molar-refractivity contribution in [1.82, 2.24) is 10.7 Å². The molecule has 0 aliphatic carbocycles. The normalized spacial score (nSPS) is 19.8. The Labute approximate surface area is 160 Å². The Hall–Kier alpha value is -2.73. The standard InChI is InChI=1S/C20H18BrN3O2/c21-16-10-8-14(9-11-16)5-4-12-23-24-20(26)18-17(13-22-19(18)25)15-6-2-1-3-7-15/h1-12,17-18H,13H2,(H,22,25)(H,24,26)/b5-4+,23-12+. The van der Waals surface area contributed by atoms with E-state index in [1.165, 1.54) is 6.21 Å². The summed E-state index contributed by atoms with van der Waals surface area (Å²) >= 11 is 3.38. The third kappa shape index (κ3) is 4.46. The molecule has 0 saturated carbocycles. The van der Waals surface area contributed by atoms with Gasteiger partial charge in [0, 0.05) is 23.1 Å². The van der Waals surface area contributed by atoms with Gasteiger partial charge in [-0.2, -0.15) is 5.10 Å². The van der Waals surface area contributed by atoms with Gasteiger partial charge >= 0.3 is 0 Å². The van der Waals surface area contributed by atoms with Crippen molar-refractivity contribution in [2.24, 2.45) is 11.0 Å². The number of hydrogen-bond acceptors (Lipinski definition) is 3. The Kier molecular flexibility index (Phi) is 5.96. The lowest BCUT2D eigenvalue weighted by Gasteiger charge is -2.15. The minimum atomic E-state index is -0.773. The van der Waals surface area contributed by atoms with Crippen molar-refractivity contribution in [3.05, 3.63) is 76.3 Å². The maximum absolute atomic E-state index is 12.4. The molecular weight excluding hydrogens is 394 g/mol. The van der Waals surface area contributed by atoms with Gasteiger partial charge in [0.25, 0.3) is 5.91 Å². The first kappa shape index (κ1) is 18.1. The van der Waals surface area contributed by atoms with Crippen LogP contribution in [0.2, 0.25) is 0 Å². The maximum Gasteiger partial charge on any atom is 0.253 e. The first-order valence-electron chi connectivity index (χ1n) is 8.23. The van der Waals surface area contributed by atoms with E-state index in [0.717, 1.165) is 15.6 Å². The van der Waals surface area contributed by atoms with Crippen LogP contribution in [0.1, 0.15) is 17.0 Å². The molecule has 0 spiro atoms. The Bertz CT molecular complexity index is 832. The summed E-state index contributed by atoms with van der Waals surface area (Å²) in [6.45, 7) is 0.452. The number of carbonyl (C=O) groups is 2. The quantitative estimate of drug-likeness (QED) is 0.450. The molecule has 1 saturated heterocycles. The van der Waals surface area contributed by atoms with E-state index in [9.17, 15) is 9.59 Å². The lowest BCUT2D eigenvalue weighted by Crippen LogP contribution is -2.34. The number of nitrogens with zero attached hydrogens (tertiary/aromatic N) is 1. The Balaban J connectivity index is 1.59. The second-order valence-electron chi connectivity index (χ2n) is 5.90. The van der Waals surface area contributed by atoms with Crippen LogP contribution in [-0.2, 0) is 9.59 Å². The van der Waals surface area contributed by atoms with Gasteiger partial charge in [0.2, 0.25) is 5.91 Å². The summed E-state index contributed by atoms with van der Waals surface area (Å²) in [5.74, 6) is -1.62. The van der Waals surface area contributed by atoms with Gasteiger partial charge in [0.05, 0.1) is 0 Å². The summed E-state index contributed by atoms with van der Waals surface area (Å²) in [5, 5.41) is 6.67. The highest BCUT2D eigenvalue weighted by atomic mass is 79.9. The third-order valence-electron chi connectivity index (χ3n) is 4.19. The van der Waals surface area contributed by atoms with Crippen molar-refractivity contribution in [1.29, 1.82) is 0 Å². The monoisotopic (exact) mass is 411 g/mol. The SMILES string of the molecule is O=C1NCC(c2ccccc2)C1C(=O)N/N=C/C=C/c1ccc(Br)cc1. The highest BCUT2D eigenvalue weighted by molar-refractivity contribution is 9.10. The molecule has 5 nitrogen and oxygen atoms in total. The molecule has 1 heterocycles. The zero-order chi connectivity index (χ0) is 18.4. The molecule has 2 unspecified atom stereocenters. The number of nitrogens with one attached hydrogen (secondary N) is 2. The van der Waals surface area contributed by atoms with Gasteiger partial charge in [-0.15, -0.1) is 0 Å². The fraction of sp³-hybridized carbons (Fsp3) is 0.150. The number of rotatable bonds is 5. The van der Waals surface area contributed by atoms with Crippen LogP contribution in [0.4, 0.5) is 0 Å². The molecule has 0 aromatic heterocycles. The predicted octanol–water partition coefficient (Wildman–Crippen LogP) is 3.09. The molecule has 0 radical (unpaired) electrons. The summed E-state index contributed by atoms with van der Waals surface area (Å²) in [6, 6.07) is 17.4. The fourth-order valence-electron chi connectivity index (χ4n) is 2.87. The summed E-state index contributed by atoms with van der Waals surface area (Å²) in [7, 11) is 0. The van der Waals surface area contributed by atoms with E-state index in [1.54, 1.807) is 6.08 Å². The number of hydrazone groups is 1. The van der Waals surface area contributed by atoms with Crippen LogP contribution in [0.25, 0.3) is 6.08 Å². The van der Waals surface area contributed by atoms with Crippen molar-refractivity contribution in [3.63, 3.8) is 0 Å². The molecule has 2 amide bonds. The zero-order valence-corrected chi connectivity index (χ0v) is 15.5. The van der Waals surface area contributed by atoms with E-state index in [4.69, 9.17) is 0 Å². The van der Waals surface area contributed by atoms with Gasteiger partial charge in [-0.3, -0.25) is 9.59 Å². The molecule has 1 aliphatic rings. The molecule has 132 valence electrons. The van der Waals surface area contributed by atoms with Gasteiger partial charge in [0.15, 0.2) is 0 Å². The van der Waals surface area contributed by atoms with Crippen LogP contribution in [-0.4, -0.2) is 24.6 Å². The van der Waals surface area contributed by atoms with Crippen LogP contribution < -0.4 is 10.7 Å². The topological polar surface area (TPSA) is 70.6 Å². The first-order valence-corrected chi connectivity index (χ1v) is 9.02. The maximum atomic E-state index is 12.4. The second kappa shape index (κ2) is 8.58. The number of allylic oxidation sites excluding steroid dienone is 1. The number of benzene rings is 2. The summed E-state index contributed by atoms with van der Waals surface area (Å²) in [5.41, 5.74) is 4.44. The molecule has 6 heteroatoms. The number of carbonyl (C=O) groups excluding carboxylic acids is 2. The molecular formula is C20H18BrN3O2. The Morgan fingerprint density at radius 1 is 1.15 bits per heavy atom. The van der Waals surface area contributed by atoms with Crippen molar-refractivity contribution < 1.29 is 9.59 Å². The minimum absolute atomic E-state index is 0.183. The second-order valence-corrected chi connectivity index (χ2v) is 6.82. The lowest BCUT2D eigenvalue weighted by atomic mass is 9.88. The highest BCUT2D eigenvalue weighted by Crippen LogP contribution is 2.28. The van der Waals surface area contributed by atoms with Gasteiger partial charge in [-0.25, -0.2) is 5.43 Å². The van der Waals surface area contributed by atoms with Crippen LogP contribution in [0.15, 0.2) is 70.2 Å². The lowest BCUT2D eigenvalue weighted by molar-refractivity contribution is -0.133. The molecule has 2 N–H and O–H groups in total. The summed E-state index contributed by atoms with van der Waals surface area (Å²) in [4.78, 5) is 24.5. The molecule has 2 atom stereocenters. The van der Waals surface area contributed by atoms with Gasteiger partial charge in [-0.05, 0) is 29.3 Å². The van der Waals surface area contributed by atoms with E-state index < -0.39 is 11.8 Å². The third-order valence-corrected chi connectivity index (χ3v) is 4.71. The Morgan fingerprint density at radius 2 is 1.88 bits per heavy atom. The molecule has 0 bridgehead atoms. The zero-order valence-electron chi connectivity index (χ0n) is 13.9. The molecule has 3 rings (SSSR count). The van der Waals surface area contributed by atoms with E-state index in [0.29, 0.717) is 6.54 Å². The number of halogens is 1. The number of amides is 2. The molecule has 26 heavy (non-hydrogen) atoms. The van der Waals surface area contributed by atoms with E-state index in [-0.39, 0.29) is 11.8 Å². The van der Waals surface area contributed by atoms with E-state index >= 15 is 0 Å². The minimum Gasteiger partial charge on any atom is -0.355 e. The molecule has 2 aromatic carbocycles. The van der Waals surface area contributed by atoms with Gasteiger partial charge in [0.1, 0.15) is 5.92 Å². The van der Waals surface area contributed by atoms with Crippen molar-refractivity contribution >= 4 is 40.0 Å². The summed E-state index contributed by atoms with van der Waals surface area (Å²) in [6.07, 6.45) is 5.09. The van der Waals surface area contributed by atoms with E-state index in [2.05, 4.69) is 31.8 Å². The van der Waals surface area contributed by atoms with Crippen molar-refractivity contribution in [2.45, 2.75) is 5.92 Å².